The van der Waals surface area contributed by atoms with Gasteiger partial charge in [0.05, 0.1) is 11.5 Å². The molecule has 21 heavy (non-hydrogen) atoms. The van der Waals surface area contributed by atoms with Gasteiger partial charge in [-0.1, -0.05) is 12.2 Å². The summed E-state index contributed by atoms with van der Waals surface area (Å²) in [6, 6.07) is 0.0407. The van der Waals surface area contributed by atoms with E-state index >= 15 is 0 Å². The summed E-state index contributed by atoms with van der Waals surface area (Å²) in [5.74, 6) is -0.343. The molecule has 0 radical (unpaired) electrons. The highest BCUT2D eigenvalue weighted by Gasteiger charge is 2.45. The first-order valence-corrected chi connectivity index (χ1v) is 7.70. The Bertz CT molecular complexity index is 406. The minimum Gasteiger partial charge on any atom is -0.392 e. The number of hydrogen-bond donors (Lipinski definition) is 2. The molecule has 7 heteroatoms. The van der Waals surface area contributed by atoms with Crippen LogP contribution >= 0.6 is 12.2 Å². The van der Waals surface area contributed by atoms with Gasteiger partial charge in [-0.2, -0.15) is 0 Å². The average Bonchev–Trinajstić information content (AvgIpc) is 2.43. The number of amides is 2. The molecule has 0 bridgehead atoms. The van der Waals surface area contributed by atoms with Gasteiger partial charge >= 0.3 is 0 Å². The second kappa shape index (κ2) is 7.70. The molecular weight excluding hydrogens is 290 g/mol. The first-order chi connectivity index (χ1) is 9.83. The fourth-order valence-corrected chi connectivity index (χ4v) is 2.75. The standard InChI is InChI=1S/C14H25N3O3S/c1-4-17(9-11(18)16-10(2)3)13(19)14(12(15)21)5-7-20-8-6-14/h10H,4-9H2,1-3H3,(H2,15,21)(H,16,18). The van der Waals surface area contributed by atoms with Gasteiger partial charge in [-0.15, -0.1) is 0 Å². The van der Waals surface area contributed by atoms with Crippen molar-refractivity contribution in [2.75, 3.05) is 26.3 Å². The zero-order valence-electron chi connectivity index (χ0n) is 13.0. The number of carbonyl (C=O) groups excluding carboxylic acids is 2. The number of nitrogens with one attached hydrogen (secondary N) is 1. The van der Waals surface area contributed by atoms with Crippen LogP contribution in [0.1, 0.15) is 33.6 Å². The van der Waals surface area contributed by atoms with Crippen molar-refractivity contribution in [1.29, 1.82) is 0 Å². The Balaban J connectivity index is 2.84. The summed E-state index contributed by atoms with van der Waals surface area (Å²) in [5, 5.41) is 2.79. The number of nitrogens with two attached hydrogens (primary N) is 1. The van der Waals surface area contributed by atoms with Gasteiger partial charge in [-0.3, -0.25) is 9.59 Å². The van der Waals surface area contributed by atoms with Gasteiger partial charge in [0.1, 0.15) is 5.41 Å². The summed E-state index contributed by atoms with van der Waals surface area (Å²) < 4.78 is 5.31. The number of nitrogens with zero attached hydrogens (tertiary/aromatic N) is 1. The van der Waals surface area contributed by atoms with Crippen LogP contribution < -0.4 is 11.1 Å². The Labute approximate surface area is 131 Å². The van der Waals surface area contributed by atoms with Crippen LogP contribution in [-0.4, -0.2) is 54.0 Å². The Morgan fingerprint density at radius 3 is 2.38 bits per heavy atom. The van der Waals surface area contributed by atoms with Gasteiger partial charge in [0.15, 0.2) is 0 Å². The van der Waals surface area contributed by atoms with Crippen molar-refractivity contribution in [2.45, 2.75) is 39.7 Å². The topological polar surface area (TPSA) is 84.7 Å². The molecule has 1 heterocycles. The summed E-state index contributed by atoms with van der Waals surface area (Å²) in [4.78, 5) is 26.4. The third-order valence-corrected chi connectivity index (χ3v) is 4.07. The predicted octanol–water partition coefficient (Wildman–Crippen LogP) is 0.442. The summed E-state index contributed by atoms with van der Waals surface area (Å²) in [6.07, 6.45) is 0.951. The Hall–Kier alpha value is -1.21. The SMILES string of the molecule is CCN(CC(=O)NC(C)C)C(=O)C1(C(N)=S)CCOCC1. The molecule has 1 aliphatic heterocycles. The molecule has 1 rings (SSSR count). The molecule has 6 nitrogen and oxygen atoms in total. The van der Waals surface area contributed by atoms with E-state index in [1.165, 1.54) is 4.90 Å². The van der Waals surface area contributed by atoms with E-state index < -0.39 is 5.41 Å². The summed E-state index contributed by atoms with van der Waals surface area (Å²) >= 11 is 5.13. The Kier molecular flexibility index (Phi) is 6.54. The lowest BCUT2D eigenvalue weighted by atomic mass is 9.78. The van der Waals surface area contributed by atoms with Crippen LogP contribution in [0.15, 0.2) is 0 Å². The van der Waals surface area contributed by atoms with Gasteiger partial charge in [0.2, 0.25) is 11.8 Å². The molecule has 1 fully saturated rings. The normalized spacial score (nSPS) is 17.3. The van der Waals surface area contributed by atoms with Gasteiger partial charge in [0, 0.05) is 25.8 Å². The second-order valence-corrected chi connectivity index (χ2v) is 6.04. The van der Waals surface area contributed by atoms with Crippen LogP contribution in [0, 0.1) is 5.41 Å². The van der Waals surface area contributed by atoms with Crippen molar-refractivity contribution in [1.82, 2.24) is 10.2 Å². The van der Waals surface area contributed by atoms with Crippen LogP contribution in [0.4, 0.5) is 0 Å². The van der Waals surface area contributed by atoms with E-state index in [1.54, 1.807) is 0 Å². The smallest absolute Gasteiger partial charge is 0.239 e. The molecule has 2 amide bonds. The molecule has 0 spiro atoms. The molecule has 1 saturated heterocycles. The molecule has 3 N–H and O–H groups in total. The second-order valence-electron chi connectivity index (χ2n) is 5.60. The molecule has 0 saturated carbocycles. The monoisotopic (exact) mass is 315 g/mol. The van der Waals surface area contributed by atoms with Gasteiger partial charge in [-0.05, 0) is 33.6 Å². The van der Waals surface area contributed by atoms with E-state index in [1.807, 2.05) is 20.8 Å². The lowest BCUT2D eigenvalue weighted by Gasteiger charge is -2.38. The zero-order valence-corrected chi connectivity index (χ0v) is 13.8. The van der Waals surface area contributed by atoms with Crippen LogP contribution in [0.2, 0.25) is 0 Å². The van der Waals surface area contributed by atoms with E-state index in [4.69, 9.17) is 22.7 Å². The molecule has 0 aliphatic carbocycles. The van der Waals surface area contributed by atoms with E-state index in [-0.39, 0.29) is 29.4 Å². The first-order valence-electron chi connectivity index (χ1n) is 7.30. The molecule has 0 unspecified atom stereocenters. The Morgan fingerprint density at radius 2 is 1.95 bits per heavy atom. The van der Waals surface area contributed by atoms with Gasteiger partial charge in [-0.25, -0.2) is 0 Å². The zero-order chi connectivity index (χ0) is 16.0. The van der Waals surface area contributed by atoms with Gasteiger partial charge in [0.25, 0.3) is 0 Å². The van der Waals surface area contributed by atoms with Crippen molar-refractivity contribution in [3.8, 4) is 0 Å². The summed E-state index contributed by atoms with van der Waals surface area (Å²) in [5.41, 5.74) is 4.96. The van der Waals surface area contributed by atoms with E-state index in [0.717, 1.165) is 0 Å². The van der Waals surface area contributed by atoms with E-state index in [9.17, 15) is 9.59 Å². The largest absolute Gasteiger partial charge is 0.392 e. The molecule has 0 aromatic carbocycles. The summed E-state index contributed by atoms with van der Waals surface area (Å²) in [6.45, 7) is 6.98. The molecule has 0 aromatic heterocycles. The van der Waals surface area contributed by atoms with Crippen LogP contribution in [-0.2, 0) is 14.3 Å². The molecular formula is C14H25N3O3S. The number of likely N-dealkylation sites (N-methyl/N-ethyl adjacent to an activating group) is 1. The highest BCUT2D eigenvalue weighted by atomic mass is 32.1. The van der Waals surface area contributed by atoms with Crippen molar-refractivity contribution in [3.63, 3.8) is 0 Å². The summed E-state index contributed by atoms with van der Waals surface area (Å²) in [7, 11) is 0. The lowest BCUT2D eigenvalue weighted by molar-refractivity contribution is -0.145. The maximum absolute atomic E-state index is 12.8. The van der Waals surface area contributed by atoms with E-state index in [2.05, 4.69) is 5.32 Å². The van der Waals surface area contributed by atoms with Crippen LogP contribution in [0.3, 0.4) is 0 Å². The molecule has 120 valence electrons. The molecule has 1 aliphatic rings. The number of ether oxygens (including phenoxy) is 1. The van der Waals surface area contributed by atoms with Crippen LogP contribution in [0.25, 0.3) is 0 Å². The molecule has 0 aromatic rings. The highest BCUT2D eigenvalue weighted by Crippen LogP contribution is 2.33. The third kappa shape index (κ3) is 4.38. The average molecular weight is 315 g/mol. The lowest BCUT2D eigenvalue weighted by Crippen LogP contribution is -2.55. The Morgan fingerprint density at radius 1 is 1.38 bits per heavy atom. The fraction of sp³-hybridized carbons (Fsp3) is 0.786. The van der Waals surface area contributed by atoms with E-state index in [0.29, 0.717) is 32.6 Å². The van der Waals surface area contributed by atoms with Crippen molar-refractivity contribution < 1.29 is 14.3 Å². The fourth-order valence-electron chi connectivity index (χ4n) is 2.46. The maximum atomic E-state index is 12.8. The third-order valence-electron chi connectivity index (χ3n) is 3.68. The van der Waals surface area contributed by atoms with Crippen molar-refractivity contribution in [3.05, 3.63) is 0 Å². The van der Waals surface area contributed by atoms with Gasteiger partial charge < -0.3 is 20.7 Å². The highest BCUT2D eigenvalue weighted by molar-refractivity contribution is 7.80. The quantitative estimate of drug-likeness (QED) is 0.695. The van der Waals surface area contributed by atoms with Crippen molar-refractivity contribution in [2.24, 2.45) is 11.1 Å². The minimum absolute atomic E-state index is 0.0265. The first kappa shape index (κ1) is 17.8. The molecule has 0 atom stereocenters. The van der Waals surface area contributed by atoms with Crippen molar-refractivity contribution >= 4 is 29.0 Å². The maximum Gasteiger partial charge on any atom is 0.239 e. The van der Waals surface area contributed by atoms with Crippen LogP contribution in [0.5, 0.6) is 0 Å². The predicted molar refractivity (Wildman–Crippen MR) is 84.8 cm³/mol. The number of carbonyl (C=O) groups is 2. The number of hydrogen-bond acceptors (Lipinski definition) is 4. The number of rotatable bonds is 6. The minimum atomic E-state index is -0.873. The number of thiocarbonyl (C=S) groups is 1.